The minimum absolute atomic E-state index is 0.272. The van der Waals surface area contributed by atoms with E-state index in [9.17, 15) is 9.59 Å². The second kappa shape index (κ2) is 7.81. The zero-order valence-corrected chi connectivity index (χ0v) is 15.1. The van der Waals surface area contributed by atoms with E-state index in [2.05, 4.69) is 20.1 Å². The van der Waals surface area contributed by atoms with Gasteiger partial charge in [-0.1, -0.05) is 24.3 Å². The monoisotopic (exact) mass is 369 g/mol. The zero-order chi connectivity index (χ0) is 19.4. The molecular weight excluding hydrogens is 350 g/mol. The number of rotatable bonds is 4. The SMILES string of the molecule is COC(=O)C(C)n1nnc(C2=CC(C)N(C(=O)Oc3ccccc3)C=C2)n1. The van der Waals surface area contributed by atoms with Crippen LogP contribution in [0.15, 0.2) is 48.7 Å². The van der Waals surface area contributed by atoms with Crippen molar-refractivity contribution in [3.63, 3.8) is 0 Å². The van der Waals surface area contributed by atoms with Crippen molar-refractivity contribution >= 4 is 17.6 Å². The van der Waals surface area contributed by atoms with Gasteiger partial charge in [-0.2, -0.15) is 0 Å². The number of methoxy groups -OCH3 is 1. The minimum Gasteiger partial charge on any atom is -0.467 e. The van der Waals surface area contributed by atoms with E-state index in [1.807, 2.05) is 19.1 Å². The van der Waals surface area contributed by atoms with Crippen molar-refractivity contribution in [2.24, 2.45) is 0 Å². The van der Waals surface area contributed by atoms with Gasteiger partial charge in [0.1, 0.15) is 5.75 Å². The van der Waals surface area contributed by atoms with E-state index in [1.54, 1.807) is 43.5 Å². The molecule has 1 aliphatic heterocycles. The highest BCUT2D eigenvalue weighted by molar-refractivity contribution is 5.78. The van der Waals surface area contributed by atoms with E-state index in [4.69, 9.17) is 4.74 Å². The van der Waals surface area contributed by atoms with E-state index in [-0.39, 0.29) is 6.04 Å². The van der Waals surface area contributed by atoms with Crippen LogP contribution in [0.25, 0.3) is 5.57 Å². The number of carbonyl (C=O) groups excluding carboxylic acids is 2. The highest BCUT2D eigenvalue weighted by Gasteiger charge is 2.24. The van der Waals surface area contributed by atoms with Crippen LogP contribution in [-0.2, 0) is 9.53 Å². The van der Waals surface area contributed by atoms with E-state index < -0.39 is 18.1 Å². The Labute approximate surface area is 155 Å². The molecule has 0 N–H and O–H groups in total. The molecule has 1 aromatic carbocycles. The minimum atomic E-state index is -0.681. The quantitative estimate of drug-likeness (QED) is 0.762. The summed E-state index contributed by atoms with van der Waals surface area (Å²) in [6.45, 7) is 3.46. The first-order chi connectivity index (χ1) is 13.0. The number of benzene rings is 1. The fraction of sp³-hybridized carbons (Fsp3) is 0.278. The third-order valence-corrected chi connectivity index (χ3v) is 4.01. The first-order valence-corrected chi connectivity index (χ1v) is 8.32. The molecule has 0 saturated carbocycles. The number of amides is 1. The Balaban J connectivity index is 1.70. The Morgan fingerprint density at radius 1 is 1.22 bits per heavy atom. The van der Waals surface area contributed by atoms with Gasteiger partial charge in [-0.25, -0.2) is 9.59 Å². The number of aromatic nitrogens is 4. The molecule has 0 aliphatic carbocycles. The number of tetrazole rings is 1. The lowest BCUT2D eigenvalue weighted by atomic mass is 10.1. The van der Waals surface area contributed by atoms with Gasteiger partial charge in [0.05, 0.1) is 13.2 Å². The van der Waals surface area contributed by atoms with Crippen molar-refractivity contribution in [2.75, 3.05) is 7.11 Å². The van der Waals surface area contributed by atoms with Crippen LogP contribution in [0.4, 0.5) is 4.79 Å². The molecule has 1 aliphatic rings. The van der Waals surface area contributed by atoms with Crippen LogP contribution >= 0.6 is 0 Å². The predicted octanol–water partition coefficient (Wildman–Crippen LogP) is 2.21. The maximum absolute atomic E-state index is 12.3. The lowest BCUT2D eigenvalue weighted by molar-refractivity contribution is -0.144. The molecule has 9 nitrogen and oxygen atoms in total. The molecule has 3 rings (SSSR count). The molecule has 1 amide bonds. The molecule has 0 fully saturated rings. The van der Waals surface area contributed by atoms with Gasteiger partial charge < -0.3 is 9.47 Å². The van der Waals surface area contributed by atoms with Crippen molar-refractivity contribution in [1.82, 2.24) is 25.1 Å². The van der Waals surface area contributed by atoms with Gasteiger partial charge in [-0.3, -0.25) is 4.90 Å². The van der Waals surface area contributed by atoms with Gasteiger partial charge in [0.25, 0.3) is 0 Å². The Morgan fingerprint density at radius 2 is 1.96 bits per heavy atom. The third kappa shape index (κ3) is 4.02. The average molecular weight is 369 g/mol. The van der Waals surface area contributed by atoms with E-state index in [1.165, 1.54) is 16.8 Å². The van der Waals surface area contributed by atoms with Crippen molar-refractivity contribution < 1.29 is 19.1 Å². The molecule has 0 radical (unpaired) electrons. The summed E-state index contributed by atoms with van der Waals surface area (Å²) in [4.78, 5) is 26.6. The largest absolute Gasteiger partial charge is 0.467 e. The van der Waals surface area contributed by atoms with E-state index in [0.717, 1.165) is 0 Å². The smallest absolute Gasteiger partial charge is 0.419 e. The molecule has 0 saturated heterocycles. The second-order valence-corrected chi connectivity index (χ2v) is 5.90. The number of para-hydroxylation sites is 1. The van der Waals surface area contributed by atoms with Crippen LogP contribution in [0.5, 0.6) is 5.75 Å². The van der Waals surface area contributed by atoms with Crippen molar-refractivity contribution in [3.8, 4) is 5.75 Å². The number of hydrogen-bond acceptors (Lipinski definition) is 7. The van der Waals surface area contributed by atoms with Gasteiger partial charge in [-0.15, -0.1) is 15.0 Å². The predicted molar refractivity (Wildman–Crippen MR) is 95.4 cm³/mol. The fourth-order valence-corrected chi connectivity index (χ4v) is 2.48. The summed E-state index contributed by atoms with van der Waals surface area (Å²) < 4.78 is 10.0. The Morgan fingerprint density at radius 3 is 2.63 bits per heavy atom. The fourth-order valence-electron chi connectivity index (χ4n) is 2.48. The molecule has 9 heteroatoms. The molecule has 2 atom stereocenters. The summed E-state index contributed by atoms with van der Waals surface area (Å²) in [7, 11) is 1.30. The molecule has 2 aromatic rings. The number of ether oxygens (including phenoxy) is 2. The third-order valence-electron chi connectivity index (χ3n) is 4.01. The molecule has 0 spiro atoms. The van der Waals surface area contributed by atoms with Gasteiger partial charge >= 0.3 is 12.1 Å². The normalized spacial score (nSPS) is 17.2. The number of hydrogen-bond donors (Lipinski definition) is 0. The molecule has 140 valence electrons. The van der Waals surface area contributed by atoms with Gasteiger partial charge in [0.2, 0.25) is 5.82 Å². The summed E-state index contributed by atoms with van der Waals surface area (Å²) in [5.41, 5.74) is 0.689. The Kier molecular flexibility index (Phi) is 5.30. The standard InChI is InChI=1S/C18H19N5O4/c1-12-11-14(16-19-21-23(20-16)13(2)17(24)26-3)9-10-22(12)18(25)27-15-7-5-4-6-8-15/h4-13H,1-3H3. The topological polar surface area (TPSA) is 99.4 Å². The van der Waals surface area contributed by atoms with Crippen molar-refractivity contribution in [2.45, 2.75) is 25.9 Å². The van der Waals surface area contributed by atoms with Gasteiger partial charge in [-0.05, 0) is 37.3 Å². The number of nitrogens with zero attached hydrogens (tertiary/aromatic N) is 5. The summed E-state index contributed by atoms with van der Waals surface area (Å²) in [6, 6.07) is 7.90. The zero-order valence-electron chi connectivity index (χ0n) is 15.1. The molecule has 2 heterocycles. The lowest BCUT2D eigenvalue weighted by Crippen LogP contribution is -2.36. The first-order valence-electron chi connectivity index (χ1n) is 8.32. The molecular formula is C18H19N5O4. The Hall–Kier alpha value is -3.49. The highest BCUT2D eigenvalue weighted by atomic mass is 16.6. The Bertz CT molecular complexity index is 890. The summed E-state index contributed by atoms with van der Waals surface area (Å²) in [5.74, 6) is 0.361. The molecule has 27 heavy (non-hydrogen) atoms. The van der Waals surface area contributed by atoms with E-state index >= 15 is 0 Å². The summed E-state index contributed by atoms with van der Waals surface area (Å²) >= 11 is 0. The maximum Gasteiger partial charge on any atom is 0.419 e. The van der Waals surface area contributed by atoms with Crippen molar-refractivity contribution in [1.29, 1.82) is 0 Å². The van der Waals surface area contributed by atoms with Crippen LogP contribution in [0, 0.1) is 0 Å². The van der Waals surface area contributed by atoms with Gasteiger partial charge in [0.15, 0.2) is 6.04 Å². The highest BCUT2D eigenvalue weighted by Crippen LogP contribution is 2.22. The molecule has 1 aromatic heterocycles. The molecule has 2 unspecified atom stereocenters. The number of carbonyl (C=O) groups is 2. The van der Waals surface area contributed by atoms with Crippen LogP contribution in [-0.4, -0.2) is 50.3 Å². The van der Waals surface area contributed by atoms with Crippen LogP contribution in [0.3, 0.4) is 0 Å². The van der Waals surface area contributed by atoms with Crippen LogP contribution in [0.1, 0.15) is 25.7 Å². The number of esters is 1. The average Bonchev–Trinajstić information content (AvgIpc) is 3.17. The van der Waals surface area contributed by atoms with Gasteiger partial charge in [0, 0.05) is 11.8 Å². The second-order valence-electron chi connectivity index (χ2n) is 5.90. The number of allylic oxidation sites excluding steroid dienone is 2. The first kappa shape index (κ1) is 18.3. The van der Waals surface area contributed by atoms with Crippen LogP contribution < -0.4 is 4.74 Å². The maximum atomic E-state index is 12.3. The van der Waals surface area contributed by atoms with Crippen molar-refractivity contribution in [3.05, 3.63) is 54.5 Å². The lowest BCUT2D eigenvalue weighted by Gasteiger charge is -2.25. The summed E-state index contributed by atoms with van der Waals surface area (Å²) in [6.07, 6.45) is 4.62. The van der Waals surface area contributed by atoms with Crippen LogP contribution in [0.2, 0.25) is 0 Å². The molecule has 0 bridgehead atoms. The van der Waals surface area contributed by atoms with E-state index in [0.29, 0.717) is 17.1 Å². The summed E-state index contributed by atoms with van der Waals surface area (Å²) in [5, 5.41) is 12.1.